The Bertz CT molecular complexity index is 806. The number of carbonyl (C=O) groups excluding carboxylic acids is 1. The SMILES string of the molecule is CC1CN(C(=O)c2cccc(Oc3ccc(Cl)cc3)c2)CCC1C(=O)O. The molecule has 1 saturated heterocycles. The van der Waals surface area contributed by atoms with Gasteiger partial charge in [0.05, 0.1) is 5.92 Å². The first-order valence-electron chi connectivity index (χ1n) is 8.49. The zero-order chi connectivity index (χ0) is 18.7. The topological polar surface area (TPSA) is 66.8 Å². The molecule has 1 aliphatic rings. The first kappa shape index (κ1) is 18.3. The molecule has 1 aliphatic heterocycles. The van der Waals surface area contributed by atoms with Crippen LogP contribution in [0.5, 0.6) is 11.5 Å². The maximum absolute atomic E-state index is 12.8. The van der Waals surface area contributed by atoms with Crippen LogP contribution in [0.4, 0.5) is 0 Å². The number of amides is 1. The van der Waals surface area contributed by atoms with E-state index in [0.29, 0.717) is 41.6 Å². The number of hydrogen-bond acceptors (Lipinski definition) is 3. The Kier molecular flexibility index (Phi) is 5.47. The van der Waals surface area contributed by atoms with Crippen LogP contribution in [0.25, 0.3) is 0 Å². The van der Waals surface area contributed by atoms with Gasteiger partial charge in [0.25, 0.3) is 5.91 Å². The Morgan fingerprint density at radius 3 is 2.54 bits per heavy atom. The molecule has 5 nitrogen and oxygen atoms in total. The van der Waals surface area contributed by atoms with Crippen LogP contribution in [-0.4, -0.2) is 35.0 Å². The van der Waals surface area contributed by atoms with Gasteiger partial charge in [-0.25, -0.2) is 0 Å². The quantitative estimate of drug-likeness (QED) is 0.866. The number of likely N-dealkylation sites (tertiary alicyclic amines) is 1. The summed E-state index contributed by atoms with van der Waals surface area (Å²) in [5.74, 6) is -0.163. The summed E-state index contributed by atoms with van der Waals surface area (Å²) < 4.78 is 5.77. The van der Waals surface area contributed by atoms with Crippen molar-refractivity contribution in [2.75, 3.05) is 13.1 Å². The van der Waals surface area contributed by atoms with Crippen molar-refractivity contribution < 1.29 is 19.4 Å². The second-order valence-electron chi connectivity index (χ2n) is 6.55. The molecule has 0 spiro atoms. The molecule has 2 aromatic rings. The number of nitrogens with zero attached hydrogens (tertiary/aromatic N) is 1. The second-order valence-corrected chi connectivity index (χ2v) is 6.98. The molecular weight excluding hydrogens is 354 g/mol. The summed E-state index contributed by atoms with van der Waals surface area (Å²) in [5.41, 5.74) is 0.525. The number of benzene rings is 2. The molecule has 2 aromatic carbocycles. The minimum atomic E-state index is -0.789. The van der Waals surface area contributed by atoms with Gasteiger partial charge in [0.15, 0.2) is 0 Å². The number of piperidine rings is 1. The van der Waals surface area contributed by atoms with E-state index in [2.05, 4.69) is 0 Å². The van der Waals surface area contributed by atoms with E-state index in [-0.39, 0.29) is 11.8 Å². The molecule has 2 atom stereocenters. The van der Waals surface area contributed by atoms with Crippen LogP contribution in [0, 0.1) is 11.8 Å². The summed E-state index contributed by atoms with van der Waals surface area (Å²) in [5, 5.41) is 9.84. The molecular formula is C20H20ClNO4. The lowest BCUT2D eigenvalue weighted by atomic mass is 9.87. The van der Waals surface area contributed by atoms with Crippen molar-refractivity contribution in [1.29, 1.82) is 0 Å². The van der Waals surface area contributed by atoms with E-state index in [9.17, 15) is 14.7 Å². The Morgan fingerprint density at radius 1 is 1.15 bits per heavy atom. The van der Waals surface area contributed by atoms with E-state index < -0.39 is 11.9 Å². The van der Waals surface area contributed by atoms with Crippen LogP contribution in [0.3, 0.4) is 0 Å². The zero-order valence-corrected chi connectivity index (χ0v) is 15.1. The molecule has 0 radical (unpaired) electrons. The van der Waals surface area contributed by atoms with Crippen LogP contribution >= 0.6 is 11.6 Å². The standard InChI is InChI=1S/C20H20ClNO4/c1-13-12-22(10-9-18(13)20(24)25)19(23)14-3-2-4-17(11-14)26-16-7-5-15(21)6-8-16/h2-8,11,13,18H,9-10,12H2,1H3,(H,24,25). The van der Waals surface area contributed by atoms with E-state index in [1.165, 1.54) is 0 Å². The number of halogens is 1. The number of ether oxygens (including phenoxy) is 1. The van der Waals surface area contributed by atoms with Gasteiger partial charge in [0, 0.05) is 23.7 Å². The lowest BCUT2D eigenvalue weighted by Crippen LogP contribution is -2.45. The van der Waals surface area contributed by atoms with Gasteiger partial charge in [-0.3, -0.25) is 9.59 Å². The normalized spacial score (nSPS) is 19.8. The molecule has 1 heterocycles. The fourth-order valence-corrected chi connectivity index (χ4v) is 3.34. The summed E-state index contributed by atoms with van der Waals surface area (Å²) in [6.45, 7) is 2.76. The highest BCUT2D eigenvalue weighted by molar-refractivity contribution is 6.30. The molecule has 1 N–H and O–H groups in total. The number of hydrogen-bond donors (Lipinski definition) is 1. The molecule has 0 aliphatic carbocycles. The Labute approximate surface area is 157 Å². The van der Waals surface area contributed by atoms with Crippen molar-refractivity contribution in [3.63, 3.8) is 0 Å². The van der Waals surface area contributed by atoms with Crippen LogP contribution in [-0.2, 0) is 4.79 Å². The average molecular weight is 374 g/mol. The van der Waals surface area contributed by atoms with Crippen LogP contribution in [0.2, 0.25) is 5.02 Å². The van der Waals surface area contributed by atoms with Gasteiger partial charge >= 0.3 is 5.97 Å². The van der Waals surface area contributed by atoms with Gasteiger partial charge in [-0.1, -0.05) is 24.6 Å². The first-order chi connectivity index (χ1) is 12.4. The van der Waals surface area contributed by atoms with Crippen molar-refractivity contribution in [1.82, 2.24) is 4.90 Å². The predicted octanol–water partition coefficient (Wildman–Crippen LogP) is 4.32. The van der Waals surface area contributed by atoms with Gasteiger partial charge in [-0.05, 0) is 54.8 Å². The Balaban J connectivity index is 1.70. The van der Waals surface area contributed by atoms with E-state index in [0.717, 1.165) is 0 Å². The molecule has 0 saturated carbocycles. The fourth-order valence-electron chi connectivity index (χ4n) is 3.21. The van der Waals surface area contributed by atoms with Crippen molar-refractivity contribution in [2.24, 2.45) is 11.8 Å². The summed E-state index contributed by atoms with van der Waals surface area (Å²) in [6.07, 6.45) is 0.475. The predicted molar refractivity (Wildman–Crippen MR) is 98.8 cm³/mol. The zero-order valence-electron chi connectivity index (χ0n) is 14.4. The van der Waals surface area contributed by atoms with Gasteiger partial charge < -0.3 is 14.7 Å². The molecule has 2 unspecified atom stereocenters. The molecule has 1 fully saturated rings. The summed E-state index contributed by atoms with van der Waals surface area (Å²) in [4.78, 5) is 25.7. The van der Waals surface area contributed by atoms with Crippen LogP contribution in [0.1, 0.15) is 23.7 Å². The van der Waals surface area contributed by atoms with E-state index >= 15 is 0 Å². The third-order valence-electron chi connectivity index (χ3n) is 4.64. The minimum Gasteiger partial charge on any atom is -0.481 e. The van der Waals surface area contributed by atoms with Gasteiger partial charge in [-0.15, -0.1) is 0 Å². The van der Waals surface area contributed by atoms with Gasteiger partial charge in [0.1, 0.15) is 11.5 Å². The third-order valence-corrected chi connectivity index (χ3v) is 4.89. The fraction of sp³-hybridized carbons (Fsp3) is 0.300. The molecule has 26 heavy (non-hydrogen) atoms. The average Bonchev–Trinajstić information content (AvgIpc) is 2.63. The number of aliphatic carboxylic acids is 1. The maximum Gasteiger partial charge on any atom is 0.306 e. The number of carboxylic acid groups (broad SMARTS) is 1. The lowest BCUT2D eigenvalue weighted by Gasteiger charge is -2.35. The number of rotatable bonds is 4. The molecule has 136 valence electrons. The van der Waals surface area contributed by atoms with E-state index in [4.69, 9.17) is 16.3 Å². The number of carboxylic acids is 1. The largest absolute Gasteiger partial charge is 0.481 e. The van der Waals surface area contributed by atoms with Crippen LogP contribution in [0.15, 0.2) is 48.5 Å². The van der Waals surface area contributed by atoms with Crippen molar-refractivity contribution in [3.05, 3.63) is 59.1 Å². The first-order valence-corrected chi connectivity index (χ1v) is 8.87. The minimum absolute atomic E-state index is 0.0706. The van der Waals surface area contributed by atoms with E-state index in [1.54, 1.807) is 53.4 Å². The van der Waals surface area contributed by atoms with Crippen molar-refractivity contribution >= 4 is 23.5 Å². The third kappa shape index (κ3) is 4.17. The smallest absolute Gasteiger partial charge is 0.306 e. The van der Waals surface area contributed by atoms with Gasteiger partial charge in [0.2, 0.25) is 0 Å². The summed E-state index contributed by atoms with van der Waals surface area (Å²) >= 11 is 5.87. The molecule has 1 amide bonds. The number of carbonyl (C=O) groups is 2. The molecule has 3 rings (SSSR count). The molecule has 6 heteroatoms. The highest BCUT2D eigenvalue weighted by atomic mass is 35.5. The van der Waals surface area contributed by atoms with Crippen molar-refractivity contribution in [3.8, 4) is 11.5 Å². The second kappa shape index (κ2) is 7.79. The van der Waals surface area contributed by atoms with Crippen LogP contribution < -0.4 is 4.74 Å². The Morgan fingerprint density at radius 2 is 1.88 bits per heavy atom. The Hall–Kier alpha value is -2.53. The molecule has 0 bridgehead atoms. The van der Waals surface area contributed by atoms with Crippen molar-refractivity contribution in [2.45, 2.75) is 13.3 Å². The van der Waals surface area contributed by atoms with Gasteiger partial charge in [-0.2, -0.15) is 0 Å². The summed E-state index contributed by atoms with van der Waals surface area (Å²) in [6, 6.07) is 14.0. The molecule has 0 aromatic heterocycles. The lowest BCUT2D eigenvalue weighted by molar-refractivity contribution is -0.145. The highest BCUT2D eigenvalue weighted by Crippen LogP contribution is 2.27. The van der Waals surface area contributed by atoms with E-state index in [1.807, 2.05) is 6.92 Å². The maximum atomic E-state index is 12.8. The summed E-state index contributed by atoms with van der Waals surface area (Å²) in [7, 11) is 0. The highest BCUT2D eigenvalue weighted by Gasteiger charge is 2.33. The monoisotopic (exact) mass is 373 g/mol.